The minimum Gasteiger partial charge on any atom is -0.319 e. The smallest absolute Gasteiger partial charge is 0.319 e. The summed E-state index contributed by atoms with van der Waals surface area (Å²) in [6.07, 6.45) is 0. The number of halogens is 3. The van der Waals surface area contributed by atoms with Crippen LogP contribution in [-0.2, 0) is 10.3 Å². The van der Waals surface area contributed by atoms with Crippen molar-refractivity contribution in [2.24, 2.45) is 0 Å². The van der Waals surface area contributed by atoms with E-state index in [9.17, 15) is 18.8 Å². The van der Waals surface area contributed by atoms with Crippen LogP contribution in [0.2, 0.25) is 10.0 Å². The second-order valence-corrected chi connectivity index (χ2v) is 6.84. The molecule has 134 valence electrons. The molecule has 1 heterocycles. The van der Waals surface area contributed by atoms with Gasteiger partial charge < -0.3 is 5.32 Å². The number of imide groups is 1. The lowest BCUT2D eigenvalue weighted by Gasteiger charge is -2.23. The molecule has 0 radical (unpaired) electrons. The first-order valence-corrected chi connectivity index (χ1v) is 8.36. The molecule has 0 saturated carbocycles. The number of hydrogen-bond acceptors (Lipinski definition) is 3. The monoisotopic (exact) mass is 394 g/mol. The molecule has 2 aromatic carbocycles. The topological polar surface area (TPSA) is 66.5 Å². The number of ketones is 1. The maximum atomic E-state index is 13.0. The van der Waals surface area contributed by atoms with Crippen LogP contribution in [0.1, 0.15) is 22.8 Å². The Balaban J connectivity index is 1.86. The van der Waals surface area contributed by atoms with Gasteiger partial charge >= 0.3 is 6.03 Å². The number of rotatable bonds is 4. The van der Waals surface area contributed by atoms with Crippen molar-refractivity contribution in [2.75, 3.05) is 6.54 Å². The number of benzene rings is 2. The summed E-state index contributed by atoms with van der Waals surface area (Å²) < 4.78 is 13.0. The lowest BCUT2D eigenvalue weighted by molar-refractivity contribution is -0.130. The molecule has 0 spiro atoms. The molecular weight excluding hydrogens is 382 g/mol. The Morgan fingerprint density at radius 3 is 2.42 bits per heavy atom. The maximum absolute atomic E-state index is 13.0. The second kappa shape index (κ2) is 6.70. The van der Waals surface area contributed by atoms with Gasteiger partial charge in [0.15, 0.2) is 5.78 Å². The Morgan fingerprint density at radius 2 is 1.81 bits per heavy atom. The van der Waals surface area contributed by atoms with Gasteiger partial charge in [0, 0.05) is 21.2 Å². The van der Waals surface area contributed by atoms with Crippen molar-refractivity contribution in [3.63, 3.8) is 0 Å². The van der Waals surface area contributed by atoms with Crippen LogP contribution in [-0.4, -0.2) is 29.2 Å². The number of amides is 3. The zero-order chi connectivity index (χ0) is 19.1. The third kappa shape index (κ3) is 3.18. The molecule has 1 fully saturated rings. The van der Waals surface area contributed by atoms with Crippen molar-refractivity contribution in [3.05, 3.63) is 69.5 Å². The number of carbonyl (C=O) groups is 3. The first kappa shape index (κ1) is 18.4. The summed E-state index contributed by atoms with van der Waals surface area (Å²) in [4.78, 5) is 38.3. The fraction of sp³-hybridized carbons (Fsp3) is 0.167. The van der Waals surface area contributed by atoms with E-state index in [4.69, 9.17) is 23.2 Å². The molecule has 1 unspecified atom stereocenters. The Hall–Kier alpha value is -2.44. The lowest BCUT2D eigenvalue weighted by Crippen LogP contribution is -2.41. The minimum atomic E-state index is -1.41. The van der Waals surface area contributed by atoms with Crippen LogP contribution >= 0.6 is 23.2 Å². The number of hydrogen-bond donors (Lipinski definition) is 1. The number of carbonyl (C=O) groups excluding carboxylic acids is 3. The number of nitrogens with zero attached hydrogens (tertiary/aromatic N) is 1. The normalized spacial score (nSPS) is 19.6. The predicted molar refractivity (Wildman–Crippen MR) is 94.8 cm³/mol. The number of urea groups is 1. The Kier molecular flexibility index (Phi) is 4.73. The van der Waals surface area contributed by atoms with E-state index in [1.54, 1.807) is 12.1 Å². The van der Waals surface area contributed by atoms with Crippen molar-refractivity contribution in [2.45, 2.75) is 12.5 Å². The summed E-state index contributed by atoms with van der Waals surface area (Å²) >= 11 is 12.0. The van der Waals surface area contributed by atoms with Crippen molar-refractivity contribution >= 4 is 40.9 Å². The fourth-order valence-electron chi connectivity index (χ4n) is 2.79. The molecule has 1 N–H and O–H groups in total. The van der Waals surface area contributed by atoms with Crippen molar-refractivity contribution in [1.82, 2.24) is 10.2 Å². The Morgan fingerprint density at radius 1 is 1.15 bits per heavy atom. The van der Waals surface area contributed by atoms with E-state index >= 15 is 0 Å². The highest BCUT2D eigenvalue weighted by molar-refractivity contribution is 6.35. The highest BCUT2D eigenvalue weighted by Gasteiger charge is 2.50. The molecule has 1 aliphatic rings. The van der Waals surface area contributed by atoms with E-state index in [1.165, 1.54) is 25.1 Å². The van der Waals surface area contributed by atoms with E-state index < -0.39 is 35.6 Å². The minimum absolute atomic E-state index is 0.199. The standard InChI is InChI=1S/C18H13Cl2FN2O3/c1-18(13-7-4-11(19)8-14(13)20)16(25)23(17(26)22-18)9-15(24)10-2-5-12(21)6-3-10/h2-8H,9H2,1H3,(H,22,26). The summed E-state index contributed by atoms with van der Waals surface area (Å²) in [7, 11) is 0. The molecule has 1 aliphatic heterocycles. The van der Waals surface area contributed by atoms with Gasteiger partial charge in [-0.2, -0.15) is 0 Å². The van der Waals surface area contributed by atoms with Gasteiger partial charge in [0.2, 0.25) is 0 Å². The van der Waals surface area contributed by atoms with E-state index in [-0.39, 0.29) is 10.6 Å². The summed E-state index contributed by atoms with van der Waals surface area (Å²) in [6.45, 7) is 1.04. The number of nitrogens with one attached hydrogen (secondary N) is 1. The van der Waals surface area contributed by atoms with E-state index in [2.05, 4.69) is 5.32 Å². The zero-order valence-electron chi connectivity index (χ0n) is 13.6. The van der Waals surface area contributed by atoms with Crippen molar-refractivity contribution in [3.8, 4) is 0 Å². The molecule has 0 aliphatic carbocycles. The molecule has 2 aromatic rings. The lowest BCUT2D eigenvalue weighted by atomic mass is 9.92. The summed E-state index contributed by atoms with van der Waals surface area (Å²) in [5, 5.41) is 3.18. The van der Waals surface area contributed by atoms with Crippen LogP contribution in [0.4, 0.5) is 9.18 Å². The summed E-state index contributed by atoms with van der Waals surface area (Å²) in [6, 6.07) is 8.73. The maximum Gasteiger partial charge on any atom is 0.325 e. The quantitative estimate of drug-likeness (QED) is 0.633. The molecule has 0 bridgehead atoms. The van der Waals surface area contributed by atoms with E-state index in [0.717, 1.165) is 17.0 Å². The molecule has 26 heavy (non-hydrogen) atoms. The third-order valence-electron chi connectivity index (χ3n) is 4.21. The van der Waals surface area contributed by atoms with Crippen molar-refractivity contribution in [1.29, 1.82) is 0 Å². The van der Waals surface area contributed by atoms with Gasteiger partial charge in [-0.25, -0.2) is 9.18 Å². The van der Waals surface area contributed by atoms with Crippen LogP contribution < -0.4 is 5.32 Å². The summed E-state index contributed by atoms with van der Waals surface area (Å²) in [5.74, 6) is -1.58. The van der Waals surface area contributed by atoms with Crippen LogP contribution in [0.5, 0.6) is 0 Å². The van der Waals surface area contributed by atoms with Gasteiger partial charge in [0.1, 0.15) is 11.4 Å². The SMILES string of the molecule is CC1(c2ccc(Cl)cc2Cl)NC(=O)N(CC(=O)c2ccc(F)cc2)C1=O. The Labute approximate surface area is 158 Å². The molecule has 3 amide bonds. The van der Waals surface area contributed by atoms with Gasteiger partial charge in [-0.05, 0) is 43.3 Å². The first-order chi connectivity index (χ1) is 12.2. The molecule has 1 atom stereocenters. The fourth-order valence-corrected chi connectivity index (χ4v) is 3.39. The zero-order valence-corrected chi connectivity index (χ0v) is 15.1. The Bertz CT molecular complexity index is 917. The molecular formula is C18H13Cl2FN2O3. The average molecular weight is 395 g/mol. The van der Waals surface area contributed by atoms with Gasteiger partial charge in [-0.3, -0.25) is 14.5 Å². The van der Waals surface area contributed by atoms with Gasteiger partial charge in [0.25, 0.3) is 5.91 Å². The average Bonchev–Trinajstić information content (AvgIpc) is 2.79. The van der Waals surface area contributed by atoms with Crippen LogP contribution in [0.25, 0.3) is 0 Å². The van der Waals surface area contributed by atoms with E-state index in [0.29, 0.717) is 10.6 Å². The highest BCUT2D eigenvalue weighted by atomic mass is 35.5. The van der Waals surface area contributed by atoms with Crippen LogP contribution in [0.3, 0.4) is 0 Å². The molecule has 1 saturated heterocycles. The third-order valence-corrected chi connectivity index (χ3v) is 4.76. The van der Waals surface area contributed by atoms with Gasteiger partial charge in [0.05, 0.1) is 6.54 Å². The second-order valence-electron chi connectivity index (χ2n) is 6.00. The summed E-state index contributed by atoms with van der Waals surface area (Å²) in [5.41, 5.74) is -0.842. The van der Waals surface area contributed by atoms with Crippen LogP contribution in [0.15, 0.2) is 42.5 Å². The largest absolute Gasteiger partial charge is 0.325 e. The molecule has 5 nitrogen and oxygen atoms in total. The van der Waals surface area contributed by atoms with Crippen LogP contribution in [0, 0.1) is 5.82 Å². The predicted octanol–water partition coefficient (Wildman–Crippen LogP) is 3.78. The van der Waals surface area contributed by atoms with Gasteiger partial charge in [-0.15, -0.1) is 0 Å². The number of Topliss-reactive ketones (excluding diaryl/α,β-unsaturated/α-hetero) is 1. The van der Waals surface area contributed by atoms with Crippen molar-refractivity contribution < 1.29 is 18.8 Å². The molecule has 8 heteroatoms. The highest BCUT2D eigenvalue weighted by Crippen LogP contribution is 2.35. The molecule has 0 aromatic heterocycles. The molecule has 3 rings (SSSR count). The first-order valence-electron chi connectivity index (χ1n) is 7.61. The van der Waals surface area contributed by atoms with E-state index in [1.807, 2.05) is 0 Å². The van der Waals surface area contributed by atoms with Gasteiger partial charge in [-0.1, -0.05) is 29.3 Å².